The number of halogens is 11. The first kappa shape index (κ1) is 37.7. The first-order chi connectivity index (χ1) is 25.6. The maximum Gasteiger partial charge on any atom is 0.435 e. The van der Waals surface area contributed by atoms with Gasteiger partial charge in [0, 0.05) is 28.7 Å². The highest BCUT2D eigenvalue weighted by atomic mass is 35.5. The Morgan fingerprint density at radius 1 is 1.00 bits per heavy atom. The Kier molecular flexibility index (Phi) is 8.92. The Morgan fingerprint density at radius 3 is 2.31 bits per heavy atom. The molecule has 3 aromatic heterocycles. The number of amides is 2. The molecule has 5 aromatic rings. The molecule has 22 heteroatoms. The van der Waals surface area contributed by atoms with Crippen LogP contribution in [0.1, 0.15) is 46.6 Å². The van der Waals surface area contributed by atoms with Gasteiger partial charge in [-0.3, -0.25) is 19.5 Å². The van der Waals surface area contributed by atoms with Gasteiger partial charge in [0.2, 0.25) is 5.91 Å². The number of hydrogen-bond acceptors (Lipinski definition) is 6. The molecule has 0 aliphatic heterocycles. The molecule has 1 unspecified atom stereocenters. The second-order valence-corrected chi connectivity index (χ2v) is 13.4. The fourth-order valence-electron chi connectivity index (χ4n) is 7.11. The van der Waals surface area contributed by atoms with E-state index in [9.17, 15) is 49.8 Å². The van der Waals surface area contributed by atoms with Crippen LogP contribution >= 0.6 is 11.6 Å². The molecule has 2 aromatic carbocycles. The molecule has 3 atom stereocenters. The summed E-state index contributed by atoms with van der Waals surface area (Å²) in [6.45, 7) is -2.89. The molecule has 0 bridgehead atoms. The van der Waals surface area contributed by atoms with E-state index in [0.717, 1.165) is 18.2 Å². The van der Waals surface area contributed by atoms with Gasteiger partial charge in [-0.05, 0) is 54.7 Å². The summed E-state index contributed by atoms with van der Waals surface area (Å²) >= 11 is 6.31. The van der Waals surface area contributed by atoms with Gasteiger partial charge >= 0.3 is 18.4 Å². The zero-order valence-corrected chi connectivity index (χ0v) is 28.1. The molecule has 0 spiro atoms. The van der Waals surface area contributed by atoms with Crippen LogP contribution in [0.5, 0.6) is 0 Å². The van der Waals surface area contributed by atoms with Crippen LogP contribution in [0.4, 0.5) is 60.3 Å². The number of anilines is 2. The number of nitrogens with zero attached hydrogens (tertiary/aromatic N) is 5. The number of carbonyl (C=O) groups excluding carboxylic acids is 1. The van der Waals surface area contributed by atoms with Gasteiger partial charge in [-0.25, -0.2) is 18.6 Å². The number of nitrogens with one attached hydrogen (secondary N) is 2. The normalized spacial score (nSPS) is 17.9. The maximum absolute atomic E-state index is 15.3. The molecule has 1 fully saturated rings. The Labute approximate surface area is 306 Å². The average Bonchev–Trinajstić information content (AvgIpc) is 3.58. The van der Waals surface area contributed by atoms with E-state index in [4.69, 9.17) is 17.3 Å². The summed E-state index contributed by atoms with van der Waals surface area (Å²) < 4.78 is 143. The second kappa shape index (κ2) is 13.0. The largest absolute Gasteiger partial charge is 0.465 e. The summed E-state index contributed by atoms with van der Waals surface area (Å²) in [6, 6.07) is 5.36. The minimum atomic E-state index is -5.15. The highest BCUT2D eigenvalue weighted by Gasteiger charge is 2.68. The summed E-state index contributed by atoms with van der Waals surface area (Å²) in [5, 5.41) is 20.6. The van der Waals surface area contributed by atoms with Crippen molar-refractivity contribution in [1.82, 2.24) is 29.9 Å². The van der Waals surface area contributed by atoms with Crippen LogP contribution in [0.3, 0.4) is 0 Å². The second-order valence-electron chi connectivity index (χ2n) is 13.0. The van der Waals surface area contributed by atoms with Crippen LogP contribution in [0.15, 0.2) is 42.5 Å². The highest BCUT2D eigenvalue weighted by Crippen LogP contribution is 2.68. The number of pyridine rings is 1. The summed E-state index contributed by atoms with van der Waals surface area (Å²) in [5.74, 6) is -10.5. The van der Waals surface area contributed by atoms with Gasteiger partial charge in [-0.1, -0.05) is 17.7 Å². The van der Waals surface area contributed by atoms with Crippen molar-refractivity contribution in [3.63, 3.8) is 0 Å². The van der Waals surface area contributed by atoms with Crippen molar-refractivity contribution < 1.29 is 58.6 Å². The lowest BCUT2D eigenvalue weighted by molar-refractivity contribution is -0.142. The molecule has 0 radical (unpaired) electrons. The third kappa shape index (κ3) is 7.07. The van der Waals surface area contributed by atoms with E-state index >= 15 is 8.78 Å². The van der Waals surface area contributed by atoms with Crippen LogP contribution in [0.2, 0.25) is 5.02 Å². The Balaban J connectivity index is 1.38. The van der Waals surface area contributed by atoms with E-state index < -0.39 is 108 Å². The summed E-state index contributed by atoms with van der Waals surface area (Å²) in [5.41, 5.74) is 1.50. The molecule has 3 heterocycles. The number of carbonyl (C=O) groups is 2. The molecule has 2 amide bonds. The van der Waals surface area contributed by atoms with Gasteiger partial charge in [-0.15, -0.1) is 0 Å². The van der Waals surface area contributed by atoms with Crippen LogP contribution in [0.25, 0.3) is 22.0 Å². The van der Waals surface area contributed by atoms with E-state index in [1.807, 2.05) is 5.32 Å². The smallest absolute Gasteiger partial charge is 0.435 e. The molecule has 5 N–H and O–H groups in total. The van der Waals surface area contributed by atoms with Crippen molar-refractivity contribution >= 4 is 46.1 Å². The van der Waals surface area contributed by atoms with Gasteiger partial charge in [0.05, 0.1) is 27.7 Å². The first-order valence-corrected chi connectivity index (χ1v) is 16.3. The Bertz CT molecular complexity index is 2370. The summed E-state index contributed by atoms with van der Waals surface area (Å²) in [6.07, 6.45) is -12.4. The van der Waals surface area contributed by atoms with E-state index in [1.54, 1.807) is 0 Å². The van der Waals surface area contributed by atoms with Crippen molar-refractivity contribution in [3.8, 4) is 11.1 Å². The Morgan fingerprint density at radius 2 is 1.67 bits per heavy atom. The number of rotatable bonds is 9. The highest BCUT2D eigenvalue weighted by molar-refractivity contribution is 6.37. The molecular formula is C33H23ClF10N8O3. The van der Waals surface area contributed by atoms with Crippen molar-refractivity contribution in [3.05, 3.63) is 87.3 Å². The van der Waals surface area contributed by atoms with Crippen molar-refractivity contribution in [2.75, 3.05) is 11.1 Å². The van der Waals surface area contributed by atoms with Crippen LogP contribution in [-0.2, 0) is 36.4 Å². The van der Waals surface area contributed by atoms with Crippen molar-refractivity contribution in [1.29, 1.82) is 0 Å². The van der Waals surface area contributed by atoms with Gasteiger partial charge in [-0.2, -0.15) is 45.3 Å². The van der Waals surface area contributed by atoms with Crippen LogP contribution in [-0.4, -0.2) is 47.8 Å². The quantitative estimate of drug-likeness (QED) is 0.111. The first-order valence-electron chi connectivity index (χ1n) is 16.0. The summed E-state index contributed by atoms with van der Waals surface area (Å²) in [7, 11) is 0. The number of aromatic nitrogens is 5. The molecule has 0 saturated heterocycles. The van der Waals surface area contributed by atoms with E-state index in [1.165, 1.54) is 18.2 Å². The molecule has 11 nitrogen and oxygen atoms in total. The van der Waals surface area contributed by atoms with E-state index in [-0.39, 0.29) is 49.4 Å². The standard InChI is InChI=1S/C33H23ClF10N8O3/c34-19-3-1-16(26-24(19)29(45)50-52(26)11-31(37,38)39)15-2-4-21(48-30(54)55)47-25(15)20(7-12-5-13(35)8-14(36)6-12)46-22(53)10-51-28-23(27(49-51)33(42,43)44)17-9-18(17)32(28,40)41/h1-6,8,17-18,20H,7,9-11H2,(H2,45,50)(H,46,53)(H,47,48)(H,54,55)/t17-,18+,20?/m0/s1. The topological polar surface area (TPSA) is 153 Å². The van der Waals surface area contributed by atoms with Gasteiger partial charge in [0.15, 0.2) is 11.5 Å². The van der Waals surface area contributed by atoms with Crippen LogP contribution < -0.4 is 16.4 Å². The third-order valence-electron chi connectivity index (χ3n) is 9.17. The zero-order chi connectivity index (χ0) is 39.9. The fraction of sp³-hybridized carbons (Fsp3) is 0.303. The number of fused-ring (bicyclic) bond motifs is 4. The minimum Gasteiger partial charge on any atom is -0.465 e. The van der Waals surface area contributed by atoms with Crippen molar-refractivity contribution in [2.24, 2.45) is 5.92 Å². The fourth-order valence-corrected chi connectivity index (χ4v) is 7.36. The van der Waals surface area contributed by atoms with Gasteiger partial charge in [0.1, 0.15) is 36.2 Å². The molecule has 7 rings (SSSR count). The lowest BCUT2D eigenvalue weighted by Gasteiger charge is -2.23. The zero-order valence-electron chi connectivity index (χ0n) is 27.3. The number of nitrogen functional groups attached to an aromatic ring is 1. The molecule has 2 aliphatic rings. The number of carboxylic acid groups (broad SMARTS) is 1. The minimum absolute atomic E-state index is 0.111. The SMILES string of the molecule is Nc1nn(CC(F)(F)F)c2c(-c3ccc(NC(=O)O)nc3C(Cc3cc(F)cc(F)c3)NC(=O)Cn3nc(C(F)(F)F)c4c3C(F)(F)[C@@H]3C[C@H]43)ccc(Cl)c12. The molecule has 55 heavy (non-hydrogen) atoms. The predicted molar refractivity (Wildman–Crippen MR) is 173 cm³/mol. The monoisotopic (exact) mass is 804 g/mol. The van der Waals surface area contributed by atoms with E-state index in [0.29, 0.717) is 10.7 Å². The maximum atomic E-state index is 15.3. The van der Waals surface area contributed by atoms with E-state index in [2.05, 4.69) is 20.5 Å². The average molecular weight is 805 g/mol. The van der Waals surface area contributed by atoms with Crippen molar-refractivity contribution in [2.45, 2.75) is 56.2 Å². The molecule has 2 aliphatic carbocycles. The summed E-state index contributed by atoms with van der Waals surface area (Å²) in [4.78, 5) is 29.6. The lowest BCUT2D eigenvalue weighted by Crippen LogP contribution is -2.35. The molecule has 290 valence electrons. The number of hydrogen-bond donors (Lipinski definition) is 4. The number of alkyl halides is 8. The predicted octanol–water partition coefficient (Wildman–Crippen LogP) is 7.79. The molecular weight excluding hydrogens is 782 g/mol. The van der Waals surface area contributed by atoms with Gasteiger partial charge < -0.3 is 16.2 Å². The van der Waals surface area contributed by atoms with Crippen LogP contribution in [0, 0.1) is 17.6 Å². The van der Waals surface area contributed by atoms with Gasteiger partial charge in [0.25, 0.3) is 5.92 Å². The lowest BCUT2D eigenvalue weighted by atomic mass is 9.94. The number of benzene rings is 2. The number of nitrogens with two attached hydrogens (primary N) is 1. The molecule has 1 saturated carbocycles. The Hall–Kier alpha value is -5.60. The third-order valence-corrected chi connectivity index (χ3v) is 9.48.